The average Bonchev–Trinajstić information content (AvgIpc) is 2.36. The molecule has 0 aliphatic rings. The van der Waals surface area contributed by atoms with Crippen LogP contribution in [0.3, 0.4) is 0 Å². The van der Waals surface area contributed by atoms with E-state index in [-0.39, 0.29) is 5.75 Å². The molecule has 0 bridgehead atoms. The number of hydrogen-bond acceptors (Lipinski definition) is 2. The highest BCUT2D eigenvalue weighted by molar-refractivity contribution is 6.32. The third kappa shape index (κ3) is 7.44. The fraction of sp³-hybridized carbons (Fsp3) is 0.625. The summed E-state index contributed by atoms with van der Waals surface area (Å²) in [5.41, 5.74) is 1.11. The third-order valence-electron chi connectivity index (χ3n) is 3.23. The molecule has 1 rings (SSSR count). The van der Waals surface area contributed by atoms with Crippen LogP contribution in [-0.2, 0) is 6.54 Å². The molecule has 0 aliphatic heterocycles. The lowest BCUT2D eigenvalue weighted by Crippen LogP contribution is -2.14. The zero-order valence-corrected chi connectivity index (χ0v) is 12.8. The van der Waals surface area contributed by atoms with Gasteiger partial charge < -0.3 is 10.4 Å². The van der Waals surface area contributed by atoms with Crippen molar-refractivity contribution in [3.8, 4) is 5.75 Å². The number of nitrogens with one attached hydrogen (secondary N) is 1. The molecule has 2 N–H and O–H groups in total. The Bertz CT molecular complexity index is 366. The fourth-order valence-electron chi connectivity index (χ4n) is 2.05. The number of hydrogen-bond donors (Lipinski definition) is 2. The lowest BCUT2D eigenvalue weighted by molar-refractivity contribution is 0.475. The second-order valence-corrected chi connectivity index (χ2v) is 5.97. The van der Waals surface area contributed by atoms with Crippen molar-refractivity contribution < 1.29 is 5.11 Å². The van der Waals surface area contributed by atoms with Crippen LogP contribution in [0, 0.1) is 5.92 Å². The monoisotopic (exact) mass is 283 g/mol. The molecule has 0 saturated carbocycles. The van der Waals surface area contributed by atoms with Crippen LogP contribution in [0.2, 0.25) is 5.02 Å². The Kier molecular flexibility index (Phi) is 7.92. The maximum Gasteiger partial charge on any atom is 0.134 e. The lowest BCUT2D eigenvalue weighted by Gasteiger charge is -2.07. The molecule has 0 aliphatic carbocycles. The fourth-order valence-corrected chi connectivity index (χ4v) is 2.25. The molecule has 0 spiro atoms. The van der Waals surface area contributed by atoms with Crippen molar-refractivity contribution in [1.82, 2.24) is 5.32 Å². The number of unbranched alkanes of at least 4 members (excludes halogenated alkanes) is 3. The SMILES string of the molecule is CC(C)CCCCCCNCc1ccc(O)c(Cl)c1. The minimum Gasteiger partial charge on any atom is -0.506 e. The van der Waals surface area contributed by atoms with E-state index in [1.165, 1.54) is 32.1 Å². The van der Waals surface area contributed by atoms with E-state index in [0.717, 1.165) is 24.6 Å². The van der Waals surface area contributed by atoms with Gasteiger partial charge in [-0.2, -0.15) is 0 Å². The van der Waals surface area contributed by atoms with Gasteiger partial charge in [0.1, 0.15) is 5.75 Å². The topological polar surface area (TPSA) is 32.3 Å². The Morgan fingerprint density at radius 3 is 2.58 bits per heavy atom. The molecule has 19 heavy (non-hydrogen) atoms. The second-order valence-electron chi connectivity index (χ2n) is 5.56. The van der Waals surface area contributed by atoms with E-state index in [0.29, 0.717) is 5.02 Å². The Balaban J connectivity index is 2.03. The molecule has 0 heterocycles. The summed E-state index contributed by atoms with van der Waals surface area (Å²) in [5.74, 6) is 0.980. The lowest BCUT2D eigenvalue weighted by atomic mass is 10.0. The molecule has 1 aromatic carbocycles. The van der Waals surface area contributed by atoms with Crippen LogP contribution in [0.15, 0.2) is 18.2 Å². The number of halogens is 1. The summed E-state index contributed by atoms with van der Waals surface area (Å²) >= 11 is 5.86. The van der Waals surface area contributed by atoms with Crippen LogP contribution in [0.1, 0.15) is 51.5 Å². The first-order valence-electron chi connectivity index (χ1n) is 7.27. The summed E-state index contributed by atoms with van der Waals surface area (Å²) in [4.78, 5) is 0. The smallest absolute Gasteiger partial charge is 0.134 e. The molecule has 0 saturated heterocycles. The van der Waals surface area contributed by atoms with E-state index in [2.05, 4.69) is 19.2 Å². The van der Waals surface area contributed by atoms with Crippen molar-refractivity contribution in [3.63, 3.8) is 0 Å². The van der Waals surface area contributed by atoms with Crippen LogP contribution in [0.5, 0.6) is 5.75 Å². The predicted molar refractivity (Wildman–Crippen MR) is 82.7 cm³/mol. The van der Waals surface area contributed by atoms with E-state index >= 15 is 0 Å². The van der Waals surface area contributed by atoms with Crippen LogP contribution >= 0.6 is 11.6 Å². The zero-order chi connectivity index (χ0) is 14.1. The van der Waals surface area contributed by atoms with Gasteiger partial charge in [-0.05, 0) is 36.6 Å². The van der Waals surface area contributed by atoms with E-state index in [1.807, 2.05) is 12.1 Å². The molecule has 0 amide bonds. The first-order valence-corrected chi connectivity index (χ1v) is 7.65. The van der Waals surface area contributed by atoms with Crippen LogP contribution in [0.4, 0.5) is 0 Å². The number of benzene rings is 1. The molecular weight excluding hydrogens is 258 g/mol. The van der Waals surface area contributed by atoms with E-state index in [1.54, 1.807) is 6.07 Å². The standard InChI is InChI=1S/C16H26ClNO/c1-13(2)7-5-3-4-6-10-18-12-14-8-9-16(19)15(17)11-14/h8-9,11,13,18-19H,3-7,10,12H2,1-2H3. The number of aromatic hydroxyl groups is 1. The zero-order valence-electron chi connectivity index (χ0n) is 12.1. The third-order valence-corrected chi connectivity index (χ3v) is 3.53. The van der Waals surface area contributed by atoms with E-state index in [4.69, 9.17) is 11.6 Å². The Morgan fingerprint density at radius 1 is 1.16 bits per heavy atom. The van der Waals surface area contributed by atoms with Crippen molar-refractivity contribution in [3.05, 3.63) is 28.8 Å². The highest BCUT2D eigenvalue weighted by Gasteiger charge is 1.99. The Hall–Kier alpha value is -0.730. The van der Waals surface area contributed by atoms with Crippen LogP contribution in [-0.4, -0.2) is 11.7 Å². The maximum absolute atomic E-state index is 9.32. The maximum atomic E-state index is 9.32. The van der Waals surface area contributed by atoms with Crippen molar-refractivity contribution in [2.24, 2.45) is 5.92 Å². The van der Waals surface area contributed by atoms with Gasteiger partial charge in [0.15, 0.2) is 0 Å². The van der Waals surface area contributed by atoms with Gasteiger partial charge in [-0.3, -0.25) is 0 Å². The summed E-state index contributed by atoms with van der Waals surface area (Å²) in [6.45, 7) is 6.42. The predicted octanol–water partition coefficient (Wildman–Crippen LogP) is 4.74. The second kappa shape index (κ2) is 9.22. The molecule has 108 valence electrons. The molecule has 0 aromatic heterocycles. The summed E-state index contributed by atoms with van der Waals surface area (Å²) in [7, 11) is 0. The summed E-state index contributed by atoms with van der Waals surface area (Å²) < 4.78 is 0. The summed E-state index contributed by atoms with van der Waals surface area (Å²) in [6.07, 6.45) is 6.57. The quantitative estimate of drug-likeness (QED) is 0.642. The largest absolute Gasteiger partial charge is 0.506 e. The average molecular weight is 284 g/mol. The van der Waals surface area contributed by atoms with Gasteiger partial charge in [-0.1, -0.05) is 57.2 Å². The molecule has 0 unspecified atom stereocenters. The van der Waals surface area contributed by atoms with E-state index in [9.17, 15) is 5.11 Å². The molecular formula is C16H26ClNO. The van der Waals surface area contributed by atoms with Crippen molar-refractivity contribution >= 4 is 11.6 Å². The van der Waals surface area contributed by atoms with Gasteiger partial charge in [0.05, 0.1) is 5.02 Å². The number of rotatable bonds is 9. The van der Waals surface area contributed by atoms with Crippen LogP contribution in [0.25, 0.3) is 0 Å². The Labute approximate surface area is 122 Å². The molecule has 2 nitrogen and oxygen atoms in total. The van der Waals surface area contributed by atoms with Gasteiger partial charge in [0.2, 0.25) is 0 Å². The molecule has 0 fully saturated rings. The number of phenols is 1. The molecule has 3 heteroatoms. The van der Waals surface area contributed by atoms with Gasteiger partial charge in [0.25, 0.3) is 0 Å². The number of phenolic OH excluding ortho intramolecular Hbond substituents is 1. The van der Waals surface area contributed by atoms with Gasteiger partial charge >= 0.3 is 0 Å². The first-order chi connectivity index (χ1) is 9.09. The first kappa shape index (κ1) is 16.3. The molecule has 0 radical (unpaired) electrons. The molecule has 0 atom stereocenters. The van der Waals surface area contributed by atoms with Crippen molar-refractivity contribution in [2.75, 3.05) is 6.54 Å². The summed E-state index contributed by atoms with van der Waals surface area (Å²) in [6, 6.07) is 5.36. The Morgan fingerprint density at radius 2 is 1.89 bits per heavy atom. The van der Waals surface area contributed by atoms with Crippen molar-refractivity contribution in [1.29, 1.82) is 0 Å². The minimum absolute atomic E-state index is 0.149. The van der Waals surface area contributed by atoms with Gasteiger partial charge in [-0.15, -0.1) is 0 Å². The normalized spacial score (nSPS) is 11.2. The highest BCUT2D eigenvalue weighted by atomic mass is 35.5. The minimum atomic E-state index is 0.149. The summed E-state index contributed by atoms with van der Waals surface area (Å²) in [5, 5.41) is 13.2. The van der Waals surface area contributed by atoms with Gasteiger partial charge in [0, 0.05) is 6.54 Å². The van der Waals surface area contributed by atoms with Crippen LogP contribution < -0.4 is 5.32 Å². The van der Waals surface area contributed by atoms with Crippen molar-refractivity contribution in [2.45, 2.75) is 52.5 Å². The molecule has 1 aromatic rings. The van der Waals surface area contributed by atoms with Gasteiger partial charge in [-0.25, -0.2) is 0 Å². The van der Waals surface area contributed by atoms with E-state index < -0.39 is 0 Å². The highest BCUT2D eigenvalue weighted by Crippen LogP contribution is 2.23.